The van der Waals surface area contributed by atoms with Crippen molar-refractivity contribution in [1.82, 2.24) is 4.98 Å². The van der Waals surface area contributed by atoms with Crippen molar-refractivity contribution in [1.29, 1.82) is 0 Å². The first-order chi connectivity index (χ1) is 6.58. The number of rotatable bonds is 1. The Bertz CT molecular complexity index is 473. The fraction of sp³-hybridized carbons (Fsp3) is 0.273. The molecular formula is C11H11ClFN. The average Bonchev–Trinajstić information content (AvgIpc) is 2.47. The highest BCUT2D eigenvalue weighted by molar-refractivity contribution is 6.35. The SMILES string of the molecule is CC(C)c1cc2c(Cl)cc(F)cc2[nH]1. The molecule has 0 aliphatic rings. The summed E-state index contributed by atoms with van der Waals surface area (Å²) in [5.41, 5.74) is 1.84. The van der Waals surface area contributed by atoms with E-state index in [0.29, 0.717) is 10.9 Å². The van der Waals surface area contributed by atoms with Gasteiger partial charge in [-0.1, -0.05) is 25.4 Å². The molecule has 0 saturated carbocycles. The van der Waals surface area contributed by atoms with E-state index in [4.69, 9.17) is 11.6 Å². The third-order valence-corrected chi connectivity index (χ3v) is 2.61. The summed E-state index contributed by atoms with van der Waals surface area (Å²) in [6.07, 6.45) is 0. The molecule has 3 heteroatoms. The van der Waals surface area contributed by atoms with Crippen LogP contribution in [0, 0.1) is 5.82 Å². The highest BCUT2D eigenvalue weighted by atomic mass is 35.5. The first-order valence-corrected chi connectivity index (χ1v) is 4.93. The maximum absolute atomic E-state index is 13.0. The number of aromatic nitrogens is 1. The number of aromatic amines is 1. The van der Waals surface area contributed by atoms with Crippen molar-refractivity contribution in [3.63, 3.8) is 0 Å². The van der Waals surface area contributed by atoms with E-state index in [9.17, 15) is 4.39 Å². The topological polar surface area (TPSA) is 15.8 Å². The van der Waals surface area contributed by atoms with Gasteiger partial charge in [0.25, 0.3) is 0 Å². The van der Waals surface area contributed by atoms with Gasteiger partial charge in [0.2, 0.25) is 0 Å². The molecule has 1 aromatic heterocycles. The van der Waals surface area contributed by atoms with E-state index in [1.807, 2.05) is 6.07 Å². The number of nitrogens with one attached hydrogen (secondary N) is 1. The van der Waals surface area contributed by atoms with Crippen LogP contribution in [0.25, 0.3) is 10.9 Å². The van der Waals surface area contributed by atoms with Crippen LogP contribution < -0.4 is 0 Å². The molecule has 1 heterocycles. The van der Waals surface area contributed by atoms with Crippen molar-refractivity contribution < 1.29 is 4.39 Å². The minimum Gasteiger partial charge on any atom is -0.358 e. The monoisotopic (exact) mass is 211 g/mol. The van der Waals surface area contributed by atoms with Crippen LogP contribution in [0.5, 0.6) is 0 Å². The van der Waals surface area contributed by atoms with Crippen LogP contribution in [0.3, 0.4) is 0 Å². The van der Waals surface area contributed by atoms with Crippen LogP contribution in [0.1, 0.15) is 25.5 Å². The van der Waals surface area contributed by atoms with E-state index in [1.54, 1.807) is 0 Å². The Morgan fingerprint density at radius 3 is 2.64 bits per heavy atom. The first kappa shape index (κ1) is 9.53. The van der Waals surface area contributed by atoms with Gasteiger partial charge in [-0.3, -0.25) is 0 Å². The van der Waals surface area contributed by atoms with Gasteiger partial charge in [-0.15, -0.1) is 0 Å². The first-order valence-electron chi connectivity index (χ1n) is 4.55. The maximum atomic E-state index is 13.0. The molecule has 0 unspecified atom stereocenters. The summed E-state index contributed by atoms with van der Waals surface area (Å²) in [6.45, 7) is 4.16. The van der Waals surface area contributed by atoms with Crippen LogP contribution in [0.4, 0.5) is 4.39 Å². The fourth-order valence-electron chi connectivity index (χ4n) is 1.49. The highest BCUT2D eigenvalue weighted by Crippen LogP contribution is 2.28. The molecule has 0 aliphatic heterocycles. The van der Waals surface area contributed by atoms with Gasteiger partial charge in [0, 0.05) is 11.1 Å². The lowest BCUT2D eigenvalue weighted by molar-refractivity contribution is 0.629. The number of halogens is 2. The van der Waals surface area contributed by atoms with E-state index in [0.717, 1.165) is 16.6 Å². The third-order valence-electron chi connectivity index (χ3n) is 2.30. The lowest BCUT2D eigenvalue weighted by atomic mass is 10.1. The molecule has 1 aromatic carbocycles. The van der Waals surface area contributed by atoms with Gasteiger partial charge in [0.05, 0.1) is 10.5 Å². The average molecular weight is 212 g/mol. The van der Waals surface area contributed by atoms with Crippen LogP contribution in [-0.2, 0) is 0 Å². The minimum atomic E-state index is -0.306. The molecule has 0 atom stereocenters. The van der Waals surface area contributed by atoms with Crippen molar-refractivity contribution in [3.05, 3.63) is 34.7 Å². The van der Waals surface area contributed by atoms with Crippen molar-refractivity contribution in [2.24, 2.45) is 0 Å². The molecule has 2 aromatic rings. The summed E-state index contributed by atoms with van der Waals surface area (Å²) in [4.78, 5) is 3.15. The summed E-state index contributed by atoms with van der Waals surface area (Å²) in [6, 6.07) is 4.77. The smallest absolute Gasteiger partial charge is 0.126 e. The minimum absolute atomic E-state index is 0.306. The van der Waals surface area contributed by atoms with Gasteiger partial charge < -0.3 is 4.98 Å². The Morgan fingerprint density at radius 2 is 2.00 bits per heavy atom. The van der Waals surface area contributed by atoms with E-state index in [-0.39, 0.29) is 5.82 Å². The van der Waals surface area contributed by atoms with Crippen LogP contribution in [-0.4, -0.2) is 4.98 Å². The second-order valence-corrected chi connectivity index (χ2v) is 4.14. The summed E-state index contributed by atoms with van der Waals surface area (Å²) in [5.74, 6) is 0.0844. The summed E-state index contributed by atoms with van der Waals surface area (Å²) in [7, 11) is 0. The molecule has 74 valence electrons. The second-order valence-electron chi connectivity index (χ2n) is 3.73. The van der Waals surface area contributed by atoms with Crippen molar-refractivity contribution in [2.75, 3.05) is 0 Å². The van der Waals surface area contributed by atoms with Gasteiger partial charge in [0.15, 0.2) is 0 Å². The van der Waals surface area contributed by atoms with E-state index in [2.05, 4.69) is 18.8 Å². The number of benzene rings is 1. The molecule has 0 amide bonds. The Kier molecular flexibility index (Phi) is 2.23. The normalized spacial score (nSPS) is 11.5. The predicted octanol–water partition coefficient (Wildman–Crippen LogP) is 4.08. The van der Waals surface area contributed by atoms with Crippen molar-refractivity contribution in [3.8, 4) is 0 Å². The third kappa shape index (κ3) is 1.50. The molecule has 0 bridgehead atoms. The largest absolute Gasteiger partial charge is 0.358 e. The Hall–Kier alpha value is -1.02. The van der Waals surface area contributed by atoms with Crippen LogP contribution in [0.15, 0.2) is 18.2 Å². The lowest BCUT2D eigenvalue weighted by Gasteiger charge is -1.97. The predicted molar refractivity (Wildman–Crippen MR) is 57.4 cm³/mol. The van der Waals surface area contributed by atoms with Crippen LogP contribution >= 0.6 is 11.6 Å². The van der Waals surface area contributed by atoms with Crippen molar-refractivity contribution >= 4 is 22.5 Å². The molecule has 1 nitrogen and oxygen atoms in total. The summed E-state index contributed by atoms with van der Waals surface area (Å²) in [5, 5.41) is 1.35. The Labute approximate surface area is 86.9 Å². The molecule has 2 rings (SSSR count). The molecule has 0 spiro atoms. The molecule has 0 radical (unpaired) electrons. The molecule has 0 saturated heterocycles. The van der Waals surface area contributed by atoms with E-state index < -0.39 is 0 Å². The number of H-pyrrole nitrogens is 1. The Balaban J connectivity index is 2.70. The zero-order valence-electron chi connectivity index (χ0n) is 8.07. The standard InChI is InChI=1S/C11H11ClFN/c1-6(2)10-5-8-9(12)3-7(13)4-11(8)14-10/h3-6,14H,1-2H3. The van der Waals surface area contributed by atoms with Gasteiger partial charge in [0.1, 0.15) is 5.82 Å². The highest BCUT2D eigenvalue weighted by Gasteiger charge is 2.08. The molecular weight excluding hydrogens is 201 g/mol. The van der Waals surface area contributed by atoms with Crippen molar-refractivity contribution in [2.45, 2.75) is 19.8 Å². The Morgan fingerprint density at radius 1 is 1.29 bits per heavy atom. The fourth-order valence-corrected chi connectivity index (χ4v) is 1.75. The zero-order chi connectivity index (χ0) is 10.3. The van der Waals surface area contributed by atoms with Crippen LogP contribution in [0.2, 0.25) is 5.02 Å². The zero-order valence-corrected chi connectivity index (χ0v) is 8.82. The quantitative estimate of drug-likeness (QED) is 0.732. The van der Waals surface area contributed by atoms with Gasteiger partial charge >= 0.3 is 0 Å². The summed E-state index contributed by atoms with van der Waals surface area (Å²) >= 11 is 5.92. The van der Waals surface area contributed by atoms with E-state index >= 15 is 0 Å². The molecule has 0 aliphatic carbocycles. The van der Waals surface area contributed by atoms with Gasteiger partial charge in [-0.2, -0.15) is 0 Å². The molecule has 1 N–H and O–H groups in total. The lowest BCUT2D eigenvalue weighted by Crippen LogP contribution is -1.84. The number of hydrogen-bond donors (Lipinski definition) is 1. The number of fused-ring (bicyclic) bond motifs is 1. The maximum Gasteiger partial charge on any atom is 0.126 e. The molecule has 14 heavy (non-hydrogen) atoms. The summed E-state index contributed by atoms with van der Waals surface area (Å²) < 4.78 is 13.0. The van der Waals surface area contributed by atoms with Gasteiger partial charge in [-0.25, -0.2) is 4.39 Å². The van der Waals surface area contributed by atoms with E-state index in [1.165, 1.54) is 12.1 Å². The molecule has 0 fully saturated rings. The number of hydrogen-bond acceptors (Lipinski definition) is 0. The second kappa shape index (κ2) is 3.28. The van der Waals surface area contributed by atoms with Gasteiger partial charge in [-0.05, 0) is 24.1 Å².